The molecule has 0 saturated carbocycles. The highest BCUT2D eigenvalue weighted by molar-refractivity contribution is 6.00. The maximum atomic E-state index is 12.0. The minimum absolute atomic E-state index is 0.0244. The van der Waals surface area contributed by atoms with E-state index >= 15 is 0 Å². The van der Waals surface area contributed by atoms with Gasteiger partial charge in [-0.2, -0.15) is 0 Å². The first kappa shape index (κ1) is 11.4. The van der Waals surface area contributed by atoms with Gasteiger partial charge in [0.15, 0.2) is 11.5 Å². The van der Waals surface area contributed by atoms with Crippen molar-refractivity contribution in [2.24, 2.45) is 11.0 Å². The zero-order chi connectivity index (χ0) is 13.2. The fourth-order valence-electron chi connectivity index (χ4n) is 2.22. The average molecular weight is 258 g/mol. The third-order valence-corrected chi connectivity index (χ3v) is 3.07. The number of hydrogen-bond donors (Lipinski definition) is 1. The standard InChI is InChI=1S/C10H10N8O/c11-17-16-2-6-1-7(19)18(3-6)10-8-9(13-4-12-8)14-5-15-10/h4-6H,1-3H2,(H,12,13,14,15). The Bertz CT molecular complexity index is 673. The number of carbonyl (C=O) groups excluding carboxylic acids is 1. The van der Waals surface area contributed by atoms with Crippen molar-refractivity contribution in [2.75, 3.05) is 18.0 Å². The number of aromatic amines is 1. The summed E-state index contributed by atoms with van der Waals surface area (Å²) in [6.07, 6.45) is 3.26. The Morgan fingerprint density at radius 3 is 3.26 bits per heavy atom. The molecule has 2 aromatic rings. The van der Waals surface area contributed by atoms with E-state index in [1.165, 1.54) is 12.7 Å². The predicted molar refractivity (Wildman–Crippen MR) is 66.2 cm³/mol. The molecule has 1 unspecified atom stereocenters. The summed E-state index contributed by atoms with van der Waals surface area (Å²) in [5.41, 5.74) is 9.48. The molecule has 1 fully saturated rings. The Kier molecular flexibility index (Phi) is 2.73. The van der Waals surface area contributed by atoms with Gasteiger partial charge in [0.1, 0.15) is 11.8 Å². The van der Waals surface area contributed by atoms with E-state index in [1.54, 1.807) is 4.90 Å². The lowest BCUT2D eigenvalue weighted by Gasteiger charge is -2.15. The molecule has 1 N–H and O–H groups in total. The molecule has 1 amide bonds. The van der Waals surface area contributed by atoms with Gasteiger partial charge in [-0.1, -0.05) is 5.11 Å². The molecule has 9 heteroatoms. The van der Waals surface area contributed by atoms with Crippen molar-refractivity contribution in [3.63, 3.8) is 0 Å². The zero-order valence-electron chi connectivity index (χ0n) is 9.89. The van der Waals surface area contributed by atoms with Crippen LogP contribution in [0.4, 0.5) is 5.82 Å². The third kappa shape index (κ3) is 1.95. The molecular formula is C10H10N8O. The van der Waals surface area contributed by atoms with Gasteiger partial charge in [0.2, 0.25) is 5.91 Å². The Hall–Kier alpha value is -2.67. The van der Waals surface area contributed by atoms with E-state index in [4.69, 9.17) is 5.53 Å². The molecule has 1 saturated heterocycles. The molecule has 1 atom stereocenters. The maximum absolute atomic E-state index is 12.0. The van der Waals surface area contributed by atoms with Gasteiger partial charge < -0.3 is 4.98 Å². The highest BCUT2D eigenvalue weighted by atomic mass is 16.2. The first-order valence-electron chi connectivity index (χ1n) is 5.75. The summed E-state index contributed by atoms with van der Waals surface area (Å²) < 4.78 is 0. The number of hydrogen-bond acceptors (Lipinski definition) is 5. The van der Waals surface area contributed by atoms with Crippen molar-refractivity contribution < 1.29 is 4.79 Å². The van der Waals surface area contributed by atoms with Crippen molar-refractivity contribution in [3.05, 3.63) is 23.1 Å². The van der Waals surface area contributed by atoms with Crippen LogP contribution in [0.2, 0.25) is 0 Å². The predicted octanol–water partition coefficient (Wildman–Crippen LogP) is 1.02. The number of imidazole rings is 1. The van der Waals surface area contributed by atoms with Crippen molar-refractivity contribution in [1.29, 1.82) is 0 Å². The van der Waals surface area contributed by atoms with E-state index in [-0.39, 0.29) is 11.8 Å². The van der Waals surface area contributed by atoms with Crippen LogP contribution in [0.5, 0.6) is 0 Å². The highest BCUT2D eigenvalue weighted by Gasteiger charge is 2.32. The second-order valence-electron chi connectivity index (χ2n) is 4.29. The van der Waals surface area contributed by atoms with Crippen LogP contribution in [-0.4, -0.2) is 38.9 Å². The number of rotatable bonds is 3. The normalized spacial score (nSPS) is 18.8. The summed E-state index contributed by atoms with van der Waals surface area (Å²) in [4.78, 5) is 31.4. The number of aromatic nitrogens is 4. The summed E-state index contributed by atoms with van der Waals surface area (Å²) in [5, 5.41) is 3.52. The number of nitrogens with zero attached hydrogens (tertiary/aromatic N) is 7. The van der Waals surface area contributed by atoms with E-state index in [9.17, 15) is 4.79 Å². The molecular weight excluding hydrogens is 248 g/mol. The molecule has 1 aliphatic heterocycles. The lowest BCUT2D eigenvalue weighted by atomic mass is 10.1. The monoisotopic (exact) mass is 258 g/mol. The van der Waals surface area contributed by atoms with Crippen molar-refractivity contribution in [2.45, 2.75) is 6.42 Å². The topological polar surface area (TPSA) is 124 Å². The summed E-state index contributed by atoms with van der Waals surface area (Å²) in [6.45, 7) is 0.804. The second-order valence-corrected chi connectivity index (χ2v) is 4.29. The Morgan fingerprint density at radius 1 is 1.53 bits per heavy atom. The Morgan fingerprint density at radius 2 is 2.42 bits per heavy atom. The third-order valence-electron chi connectivity index (χ3n) is 3.07. The molecule has 0 aromatic carbocycles. The molecule has 1 aliphatic rings. The summed E-state index contributed by atoms with van der Waals surface area (Å²) in [6, 6.07) is 0. The van der Waals surface area contributed by atoms with Gasteiger partial charge in [-0.3, -0.25) is 9.69 Å². The van der Waals surface area contributed by atoms with Crippen molar-refractivity contribution >= 4 is 22.9 Å². The Balaban J connectivity index is 1.92. The van der Waals surface area contributed by atoms with Crippen LogP contribution in [0.3, 0.4) is 0 Å². The average Bonchev–Trinajstić information content (AvgIpc) is 3.02. The molecule has 3 rings (SSSR count). The lowest BCUT2D eigenvalue weighted by molar-refractivity contribution is -0.117. The number of carbonyl (C=O) groups is 1. The van der Waals surface area contributed by atoms with Crippen LogP contribution in [0.15, 0.2) is 17.8 Å². The molecule has 0 aliphatic carbocycles. The molecule has 0 bridgehead atoms. The maximum Gasteiger partial charge on any atom is 0.228 e. The number of fused-ring (bicyclic) bond motifs is 1. The number of amides is 1. The van der Waals surface area contributed by atoms with Gasteiger partial charge in [-0.25, -0.2) is 15.0 Å². The van der Waals surface area contributed by atoms with E-state index in [1.807, 2.05) is 0 Å². The number of anilines is 1. The zero-order valence-corrected chi connectivity index (χ0v) is 9.89. The van der Waals surface area contributed by atoms with E-state index < -0.39 is 0 Å². The van der Waals surface area contributed by atoms with Gasteiger partial charge in [-0.15, -0.1) is 0 Å². The molecule has 96 valence electrons. The minimum atomic E-state index is -0.0345. The Labute approximate surface area is 107 Å². The van der Waals surface area contributed by atoms with Crippen LogP contribution >= 0.6 is 0 Å². The SMILES string of the molecule is [N-]=[N+]=NCC1CC(=O)N(c2ncnc3nc[nH]c23)C1. The van der Waals surface area contributed by atoms with Gasteiger partial charge in [0.25, 0.3) is 0 Å². The van der Waals surface area contributed by atoms with E-state index in [0.29, 0.717) is 36.5 Å². The van der Waals surface area contributed by atoms with Crippen LogP contribution in [-0.2, 0) is 4.79 Å². The van der Waals surface area contributed by atoms with Crippen LogP contribution < -0.4 is 4.90 Å². The second kappa shape index (κ2) is 4.54. The van der Waals surface area contributed by atoms with Crippen LogP contribution in [0.25, 0.3) is 21.6 Å². The molecule has 0 spiro atoms. The van der Waals surface area contributed by atoms with Crippen LogP contribution in [0, 0.1) is 5.92 Å². The number of H-pyrrole nitrogens is 1. The van der Waals surface area contributed by atoms with E-state index in [0.717, 1.165) is 0 Å². The van der Waals surface area contributed by atoms with Crippen LogP contribution in [0.1, 0.15) is 6.42 Å². The smallest absolute Gasteiger partial charge is 0.228 e. The molecule has 9 nitrogen and oxygen atoms in total. The lowest BCUT2D eigenvalue weighted by Crippen LogP contribution is -2.26. The fourth-order valence-corrected chi connectivity index (χ4v) is 2.22. The summed E-state index contributed by atoms with van der Waals surface area (Å²) in [7, 11) is 0. The first-order chi connectivity index (χ1) is 9.29. The first-order valence-corrected chi connectivity index (χ1v) is 5.75. The van der Waals surface area contributed by atoms with Crippen molar-refractivity contribution in [1.82, 2.24) is 19.9 Å². The fraction of sp³-hybridized carbons (Fsp3) is 0.400. The molecule has 2 aromatic heterocycles. The van der Waals surface area contributed by atoms with Gasteiger partial charge in [0, 0.05) is 24.4 Å². The molecule has 0 radical (unpaired) electrons. The number of nitrogens with one attached hydrogen (secondary N) is 1. The van der Waals surface area contributed by atoms with Gasteiger partial charge >= 0.3 is 0 Å². The quantitative estimate of drug-likeness (QED) is 0.501. The summed E-state index contributed by atoms with van der Waals surface area (Å²) >= 11 is 0. The van der Waals surface area contributed by atoms with E-state index in [2.05, 4.69) is 30.0 Å². The van der Waals surface area contributed by atoms with Gasteiger partial charge in [-0.05, 0) is 11.4 Å². The molecule has 3 heterocycles. The van der Waals surface area contributed by atoms with Gasteiger partial charge in [0.05, 0.1) is 6.33 Å². The molecule has 19 heavy (non-hydrogen) atoms. The largest absolute Gasteiger partial charge is 0.340 e. The highest BCUT2D eigenvalue weighted by Crippen LogP contribution is 2.27. The number of azide groups is 1. The van der Waals surface area contributed by atoms with Crippen molar-refractivity contribution in [3.8, 4) is 0 Å². The summed E-state index contributed by atoms with van der Waals surface area (Å²) in [5.74, 6) is 0.514. The minimum Gasteiger partial charge on any atom is -0.340 e.